The predicted octanol–water partition coefficient (Wildman–Crippen LogP) is 4.16. The Morgan fingerprint density at radius 3 is 1.96 bits per heavy atom. The van der Waals surface area contributed by atoms with Crippen molar-refractivity contribution in [1.29, 1.82) is 5.26 Å². The summed E-state index contributed by atoms with van der Waals surface area (Å²) in [6.45, 7) is 0.829. The maximum atomic E-state index is 9.02. The molecule has 2 rings (SSSR count). The summed E-state index contributed by atoms with van der Waals surface area (Å²) in [5.41, 5.74) is 2.85. The highest BCUT2D eigenvalue weighted by molar-refractivity contribution is 5.64. The van der Waals surface area contributed by atoms with Gasteiger partial charge in [-0.3, -0.25) is 0 Å². The number of unbranched alkanes of at least 4 members (excludes halogenated alkanes) is 3. The van der Waals surface area contributed by atoms with Crippen LogP contribution in [0, 0.1) is 17.2 Å². The van der Waals surface area contributed by atoms with Gasteiger partial charge in [-0.2, -0.15) is 5.26 Å². The van der Waals surface area contributed by atoms with Crippen molar-refractivity contribution in [1.82, 2.24) is 0 Å². The lowest BCUT2D eigenvalue weighted by atomic mass is 10.0. The molecule has 0 heterocycles. The Balaban J connectivity index is 1.67. The van der Waals surface area contributed by atoms with Gasteiger partial charge in [0.25, 0.3) is 0 Å². The topological polar surface area (TPSA) is 73.5 Å². The third-order valence-corrected chi connectivity index (χ3v) is 4.49. The molecular formula is C22H27NO3. The van der Waals surface area contributed by atoms with E-state index < -0.39 is 0 Å². The lowest BCUT2D eigenvalue weighted by Gasteiger charge is -2.10. The normalized spacial score (nSPS) is 10.7. The molecule has 0 spiro atoms. The number of aliphatic hydroxyl groups excluding tert-OH is 2. The van der Waals surface area contributed by atoms with Gasteiger partial charge in [0, 0.05) is 19.1 Å². The number of nitrogens with zero attached hydrogens (tertiary/aromatic N) is 1. The Morgan fingerprint density at radius 2 is 1.38 bits per heavy atom. The zero-order valence-electron chi connectivity index (χ0n) is 15.1. The van der Waals surface area contributed by atoms with E-state index in [1.165, 1.54) is 0 Å². The van der Waals surface area contributed by atoms with Crippen LogP contribution in [-0.4, -0.2) is 30.0 Å². The fourth-order valence-electron chi connectivity index (χ4n) is 2.80. The summed E-state index contributed by atoms with van der Waals surface area (Å²) in [6, 6.07) is 17.7. The standard InChI is InChI=1S/C22H27NO3/c23-15-18-6-8-20(9-7-18)21-10-12-22(13-11-21)26-14-4-2-1-3-5-19(16-24)17-25/h6-13,19,24-25H,1-5,14,16-17H2. The van der Waals surface area contributed by atoms with Gasteiger partial charge in [-0.25, -0.2) is 0 Å². The second-order valence-electron chi connectivity index (χ2n) is 6.50. The van der Waals surface area contributed by atoms with Crippen LogP contribution >= 0.6 is 0 Å². The van der Waals surface area contributed by atoms with E-state index in [-0.39, 0.29) is 19.1 Å². The first kappa shape index (κ1) is 20.0. The van der Waals surface area contributed by atoms with Crippen LogP contribution in [0.5, 0.6) is 5.75 Å². The van der Waals surface area contributed by atoms with E-state index >= 15 is 0 Å². The average Bonchev–Trinajstić information content (AvgIpc) is 2.71. The molecule has 0 unspecified atom stereocenters. The zero-order valence-corrected chi connectivity index (χ0v) is 15.1. The van der Waals surface area contributed by atoms with E-state index in [2.05, 4.69) is 6.07 Å². The predicted molar refractivity (Wildman–Crippen MR) is 103 cm³/mol. The highest BCUT2D eigenvalue weighted by atomic mass is 16.5. The van der Waals surface area contributed by atoms with Crippen molar-refractivity contribution in [2.24, 2.45) is 5.92 Å². The van der Waals surface area contributed by atoms with Crippen LogP contribution in [0.3, 0.4) is 0 Å². The molecule has 0 aliphatic carbocycles. The van der Waals surface area contributed by atoms with Gasteiger partial charge in [-0.05, 0) is 48.2 Å². The van der Waals surface area contributed by atoms with Gasteiger partial charge in [-0.15, -0.1) is 0 Å². The molecule has 4 heteroatoms. The maximum Gasteiger partial charge on any atom is 0.119 e. The van der Waals surface area contributed by atoms with E-state index in [0.717, 1.165) is 49.0 Å². The quantitative estimate of drug-likeness (QED) is 0.595. The minimum Gasteiger partial charge on any atom is -0.494 e. The molecule has 138 valence electrons. The first-order chi connectivity index (χ1) is 12.8. The van der Waals surface area contributed by atoms with Crippen molar-refractivity contribution in [2.75, 3.05) is 19.8 Å². The second-order valence-corrected chi connectivity index (χ2v) is 6.50. The van der Waals surface area contributed by atoms with Crippen molar-refractivity contribution in [3.8, 4) is 22.9 Å². The third kappa shape index (κ3) is 6.51. The summed E-state index contributed by atoms with van der Waals surface area (Å²) in [7, 11) is 0. The van der Waals surface area contributed by atoms with Gasteiger partial charge in [0.15, 0.2) is 0 Å². The van der Waals surface area contributed by atoms with Crippen LogP contribution in [-0.2, 0) is 0 Å². The van der Waals surface area contributed by atoms with Gasteiger partial charge < -0.3 is 14.9 Å². The van der Waals surface area contributed by atoms with Gasteiger partial charge >= 0.3 is 0 Å². The number of hydrogen-bond donors (Lipinski definition) is 2. The first-order valence-corrected chi connectivity index (χ1v) is 9.22. The van der Waals surface area contributed by atoms with Crippen molar-refractivity contribution < 1.29 is 14.9 Å². The molecule has 0 saturated carbocycles. The molecule has 0 atom stereocenters. The summed E-state index contributed by atoms with van der Waals surface area (Å²) in [6.07, 6.45) is 5.10. The zero-order chi connectivity index (χ0) is 18.6. The first-order valence-electron chi connectivity index (χ1n) is 9.22. The molecule has 2 N–H and O–H groups in total. The molecule has 0 radical (unpaired) electrons. The number of hydrogen-bond acceptors (Lipinski definition) is 4. The van der Waals surface area contributed by atoms with Crippen LogP contribution in [0.1, 0.15) is 37.7 Å². The smallest absolute Gasteiger partial charge is 0.119 e. The summed E-state index contributed by atoms with van der Waals surface area (Å²) < 4.78 is 5.78. The van der Waals surface area contributed by atoms with Crippen LogP contribution in [0.25, 0.3) is 11.1 Å². The highest BCUT2D eigenvalue weighted by Crippen LogP contribution is 2.23. The summed E-state index contributed by atoms with van der Waals surface area (Å²) in [4.78, 5) is 0. The maximum absolute atomic E-state index is 9.02. The molecule has 0 aliphatic heterocycles. The van der Waals surface area contributed by atoms with E-state index in [0.29, 0.717) is 12.2 Å². The molecular weight excluding hydrogens is 326 g/mol. The van der Waals surface area contributed by atoms with Gasteiger partial charge in [0.05, 0.1) is 18.2 Å². The van der Waals surface area contributed by atoms with Crippen molar-refractivity contribution in [3.63, 3.8) is 0 Å². The molecule has 2 aromatic carbocycles. The second kappa shape index (κ2) is 11.3. The highest BCUT2D eigenvalue weighted by Gasteiger charge is 2.04. The number of ether oxygens (including phenoxy) is 1. The molecule has 2 aromatic rings. The van der Waals surface area contributed by atoms with Gasteiger partial charge in [0.2, 0.25) is 0 Å². The molecule has 0 fully saturated rings. The molecule has 0 aromatic heterocycles. The van der Waals surface area contributed by atoms with Gasteiger partial charge in [0.1, 0.15) is 5.75 Å². The van der Waals surface area contributed by atoms with Crippen molar-refractivity contribution in [2.45, 2.75) is 32.1 Å². The number of rotatable bonds is 11. The Hall–Kier alpha value is -2.35. The van der Waals surface area contributed by atoms with Gasteiger partial charge in [-0.1, -0.05) is 43.5 Å². The van der Waals surface area contributed by atoms with Crippen LogP contribution in [0.2, 0.25) is 0 Å². The molecule has 0 aliphatic rings. The number of nitriles is 1. The SMILES string of the molecule is N#Cc1ccc(-c2ccc(OCCCCCCC(CO)CO)cc2)cc1. The van der Waals surface area contributed by atoms with Crippen LogP contribution in [0.4, 0.5) is 0 Å². The van der Waals surface area contributed by atoms with E-state index in [1.54, 1.807) is 0 Å². The Labute approximate surface area is 155 Å². The lowest BCUT2D eigenvalue weighted by molar-refractivity contribution is 0.141. The summed E-state index contributed by atoms with van der Waals surface area (Å²) in [5, 5.41) is 26.9. The molecule has 0 amide bonds. The third-order valence-electron chi connectivity index (χ3n) is 4.49. The van der Waals surface area contributed by atoms with E-state index in [9.17, 15) is 0 Å². The van der Waals surface area contributed by atoms with Crippen molar-refractivity contribution >= 4 is 0 Å². The fourth-order valence-corrected chi connectivity index (χ4v) is 2.80. The monoisotopic (exact) mass is 353 g/mol. The lowest BCUT2D eigenvalue weighted by Crippen LogP contribution is -2.10. The molecule has 4 nitrogen and oxygen atoms in total. The number of benzene rings is 2. The summed E-state index contributed by atoms with van der Waals surface area (Å²) in [5.74, 6) is 0.892. The average molecular weight is 353 g/mol. The van der Waals surface area contributed by atoms with Crippen molar-refractivity contribution in [3.05, 3.63) is 54.1 Å². The minimum atomic E-state index is 0.0286. The van der Waals surface area contributed by atoms with E-state index in [1.807, 2.05) is 48.5 Å². The van der Waals surface area contributed by atoms with Crippen LogP contribution < -0.4 is 4.74 Å². The summed E-state index contributed by atoms with van der Waals surface area (Å²) >= 11 is 0. The fraction of sp³-hybridized carbons (Fsp3) is 0.409. The van der Waals surface area contributed by atoms with E-state index in [4.69, 9.17) is 20.2 Å². The largest absolute Gasteiger partial charge is 0.494 e. The molecule has 26 heavy (non-hydrogen) atoms. The molecule has 0 saturated heterocycles. The minimum absolute atomic E-state index is 0.0286. The Kier molecular flexibility index (Phi) is 8.68. The Morgan fingerprint density at radius 1 is 0.808 bits per heavy atom. The number of aliphatic hydroxyl groups is 2. The molecule has 0 bridgehead atoms. The van der Waals surface area contributed by atoms with Crippen LogP contribution in [0.15, 0.2) is 48.5 Å². The Bertz CT molecular complexity index is 670.